The molecule has 0 aliphatic heterocycles. The van der Waals surface area contributed by atoms with Gasteiger partial charge in [0.1, 0.15) is 0 Å². The molecule has 94 valence electrons. The molecule has 0 amide bonds. The number of nitrogens with two attached hydrogens (primary N) is 1. The lowest BCUT2D eigenvalue weighted by Gasteiger charge is -2.44. The molecule has 0 aromatic heterocycles. The normalized spacial score (nSPS) is 39.6. The summed E-state index contributed by atoms with van der Waals surface area (Å²) in [5.74, 6) is 0.783. The van der Waals surface area contributed by atoms with Crippen LogP contribution in [-0.2, 0) is 0 Å². The van der Waals surface area contributed by atoms with Crippen molar-refractivity contribution in [2.24, 2.45) is 17.1 Å². The molecule has 2 aliphatic carbocycles. The van der Waals surface area contributed by atoms with E-state index in [4.69, 9.17) is 5.73 Å². The first-order chi connectivity index (χ1) is 7.62. The molecule has 2 heteroatoms. The van der Waals surface area contributed by atoms with Crippen LogP contribution in [0.5, 0.6) is 0 Å². The lowest BCUT2D eigenvalue weighted by atomic mass is 9.66. The van der Waals surface area contributed by atoms with Crippen LogP contribution in [0.1, 0.15) is 64.7 Å². The van der Waals surface area contributed by atoms with Crippen molar-refractivity contribution in [3.05, 3.63) is 0 Å². The Hall–Kier alpha value is -0.0800. The summed E-state index contributed by atoms with van der Waals surface area (Å²) < 4.78 is 0. The molecule has 0 saturated heterocycles. The van der Waals surface area contributed by atoms with E-state index in [1.807, 2.05) is 0 Å². The van der Waals surface area contributed by atoms with Gasteiger partial charge in [-0.05, 0) is 38.0 Å². The summed E-state index contributed by atoms with van der Waals surface area (Å²) in [5, 5.41) is 11.0. The van der Waals surface area contributed by atoms with E-state index < -0.39 is 5.60 Å². The van der Waals surface area contributed by atoms with Gasteiger partial charge in [0.15, 0.2) is 0 Å². The molecule has 0 aromatic carbocycles. The molecule has 16 heavy (non-hydrogen) atoms. The third-order valence-electron chi connectivity index (χ3n) is 5.28. The van der Waals surface area contributed by atoms with Gasteiger partial charge in [0.25, 0.3) is 0 Å². The number of aliphatic hydroxyl groups is 1. The molecule has 0 spiro atoms. The quantitative estimate of drug-likeness (QED) is 0.710. The summed E-state index contributed by atoms with van der Waals surface area (Å²) in [7, 11) is 0. The van der Waals surface area contributed by atoms with Crippen molar-refractivity contribution >= 4 is 0 Å². The Balaban J connectivity index is 2.15. The third kappa shape index (κ3) is 2.02. The SMILES string of the molecule is CC1CCCC(O)(C2(CN)CCCC2)CC1. The predicted molar refractivity (Wildman–Crippen MR) is 67.2 cm³/mol. The monoisotopic (exact) mass is 225 g/mol. The van der Waals surface area contributed by atoms with Crippen molar-refractivity contribution in [3.8, 4) is 0 Å². The van der Waals surface area contributed by atoms with Crippen LogP contribution in [0.25, 0.3) is 0 Å². The summed E-state index contributed by atoms with van der Waals surface area (Å²) in [5.41, 5.74) is 5.61. The molecule has 0 bridgehead atoms. The Bertz CT molecular complexity index is 235. The Kier molecular flexibility index (Phi) is 3.60. The Morgan fingerprint density at radius 2 is 1.75 bits per heavy atom. The topological polar surface area (TPSA) is 46.2 Å². The second kappa shape index (κ2) is 4.66. The molecule has 0 aromatic rings. The smallest absolute Gasteiger partial charge is 0.0715 e. The Morgan fingerprint density at radius 3 is 2.38 bits per heavy atom. The molecule has 2 fully saturated rings. The van der Waals surface area contributed by atoms with E-state index in [9.17, 15) is 5.11 Å². The van der Waals surface area contributed by atoms with Crippen LogP contribution in [0.15, 0.2) is 0 Å². The highest BCUT2D eigenvalue weighted by atomic mass is 16.3. The number of hydrogen-bond acceptors (Lipinski definition) is 2. The van der Waals surface area contributed by atoms with Gasteiger partial charge in [-0.15, -0.1) is 0 Å². The average molecular weight is 225 g/mol. The first-order valence-corrected chi connectivity index (χ1v) is 7.04. The minimum absolute atomic E-state index is 0.0526. The fourth-order valence-corrected chi connectivity index (χ4v) is 3.94. The molecule has 0 heterocycles. The summed E-state index contributed by atoms with van der Waals surface area (Å²) in [6.45, 7) is 2.99. The van der Waals surface area contributed by atoms with Crippen LogP contribution in [0, 0.1) is 11.3 Å². The van der Waals surface area contributed by atoms with Gasteiger partial charge in [-0.3, -0.25) is 0 Å². The van der Waals surface area contributed by atoms with Crippen LogP contribution in [0.4, 0.5) is 0 Å². The van der Waals surface area contributed by atoms with Crippen molar-refractivity contribution in [2.75, 3.05) is 6.54 Å². The minimum atomic E-state index is -0.455. The molecular weight excluding hydrogens is 198 g/mol. The van der Waals surface area contributed by atoms with Gasteiger partial charge in [0.2, 0.25) is 0 Å². The van der Waals surface area contributed by atoms with Gasteiger partial charge in [-0.25, -0.2) is 0 Å². The summed E-state index contributed by atoms with van der Waals surface area (Å²) in [6.07, 6.45) is 10.4. The molecule has 2 rings (SSSR count). The fraction of sp³-hybridized carbons (Fsp3) is 1.00. The second-order valence-corrected chi connectivity index (χ2v) is 6.26. The van der Waals surface area contributed by atoms with E-state index in [0.717, 1.165) is 31.6 Å². The summed E-state index contributed by atoms with van der Waals surface area (Å²) >= 11 is 0. The van der Waals surface area contributed by atoms with Crippen molar-refractivity contribution < 1.29 is 5.11 Å². The molecule has 3 N–H and O–H groups in total. The molecule has 2 saturated carbocycles. The van der Waals surface area contributed by atoms with Crippen molar-refractivity contribution in [1.29, 1.82) is 0 Å². The molecule has 2 aliphatic rings. The van der Waals surface area contributed by atoms with Crippen molar-refractivity contribution in [2.45, 2.75) is 70.3 Å². The second-order valence-electron chi connectivity index (χ2n) is 6.26. The van der Waals surface area contributed by atoms with Crippen molar-refractivity contribution in [1.82, 2.24) is 0 Å². The zero-order valence-corrected chi connectivity index (χ0v) is 10.7. The first-order valence-electron chi connectivity index (χ1n) is 7.04. The Labute approximate surface area is 99.6 Å². The zero-order valence-electron chi connectivity index (χ0n) is 10.7. The maximum Gasteiger partial charge on any atom is 0.0715 e. The van der Waals surface area contributed by atoms with Gasteiger partial charge in [0, 0.05) is 12.0 Å². The highest BCUT2D eigenvalue weighted by Gasteiger charge is 2.50. The lowest BCUT2D eigenvalue weighted by molar-refractivity contribution is -0.0897. The van der Waals surface area contributed by atoms with Gasteiger partial charge in [-0.1, -0.05) is 32.6 Å². The summed E-state index contributed by atoms with van der Waals surface area (Å²) in [4.78, 5) is 0. The molecule has 0 radical (unpaired) electrons. The molecule has 2 unspecified atom stereocenters. The van der Waals surface area contributed by atoms with E-state index >= 15 is 0 Å². The van der Waals surface area contributed by atoms with Crippen LogP contribution < -0.4 is 5.73 Å². The van der Waals surface area contributed by atoms with Crippen LogP contribution >= 0.6 is 0 Å². The minimum Gasteiger partial charge on any atom is -0.389 e. The van der Waals surface area contributed by atoms with Crippen LogP contribution in [0.2, 0.25) is 0 Å². The zero-order chi connectivity index (χ0) is 11.6. The van der Waals surface area contributed by atoms with E-state index in [2.05, 4.69) is 6.92 Å². The van der Waals surface area contributed by atoms with Gasteiger partial charge in [0.05, 0.1) is 5.60 Å². The third-order valence-corrected chi connectivity index (χ3v) is 5.28. The average Bonchev–Trinajstić information content (AvgIpc) is 2.70. The highest BCUT2D eigenvalue weighted by Crippen LogP contribution is 2.51. The van der Waals surface area contributed by atoms with Crippen LogP contribution in [-0.4, -0.2) is 17.3 Å². The van der Waals surface area contributed by atoms with Gasteiger partial charge < -0.3 is 10.8 Å². The van der Waals surface area contributed by atoms with Gasteiger partial charge >= 0.3 is 0 Å². The molecule has 2 atom stereocenters. The first kappa shape index (κ1) is 12.4. The fourth-order valence-electron chi connectivity index (χ4n) is 3.94. The summed E-state index contributed by atoms with van der Waals surface area (Å²) in [6, 6.07) is 0. The van der Waals surface area contributed by atoms with Gasteiger partial charge in [-0.2, -0.15) is 0 Å². The molecule has 2 nitrogen and oxygen atoms in total. The van der Waals surface area contributed by atoms with Crippen LogP contribution in [0.3, 0.4) is 0 Å². The van der Waals surface area contributed by atoms with E-state index in [1.54, 1.807) is 0 Å². The van der Waals surface area contributed by atoms with Crippen molar-refractivity contribution in [3.63, 3.8) is 0 Å². The standard InChI is InChI=1S/C14H27NO/c1-12-5-4-9-14(16,10-6-12)13(11-15)7-2-3-8-13/h12,16H,2-11,15H2,1H3. The largest absolute Gasteiger partial charge is 0.389 e. The lowest BCUT2D eigenvalue weighted by Crippen LogP contribution is -2.50. The maximum absolute atomic E-state index is 11.0. The Morgan fingerprint density at radius 1 is 1.06 bits per heavy atom. The molecular formula is C14H27NO. The van der Waals surface area contributed by atoms with E-state index in [1.165, 1.54) is 32.1 Å². The predicted octanol–water partition coefficient (Wildman–Crippen LogP) is 2.84. The number of rotatable bonds is 2. The number of hydrogen-bond donors (Lipinski definition) is 2. The van der Waals surface area contributed by atoms with E-state index in [0.29, 0.717) is 6.54 Å². The highest BCUT2D eigenvalue weighted by molar-refractivity contribution is 5.03. The van der Waals surface area contributed by atoms with E-state index in [-0.39, 0.29) is 5.41 Å². The maximum atomic E-state index is 11.0.